The maximum atomic E-state index is 11.9. The summed E-state index contributed by atoms with van der Waals surface area (Å²) >= 11 is 12.2. The van der Waals surface area contributed by atoms with Crippen molar-refractivity contribution in [1.82, 2.24) is 15.5 Å². The number of benzene rings is 1. The first-order chi connectivity index (χ1) is 11.5. The third kappa shape index (κ3) is 5.18. The molecule has 2 N–H and O–H groups in total. The Balaban J connectivity index is 1.70. The Morgan fingerprint density at radius 1 is 1.25 bits per heavy atom. The first kappa shape index (κ1) is 18.7. The lowest BCUT2D eigenvalue weighted by Gasteiger charge is -2.31. The Kier molecular flexibility index (Phi) is 6.99. The number of carbonyl (C=O) groups is 2. The summed E-state index contributed by atoms with van der Waals surface area (Å²) in [5.41, 5.74) is 0.826. The molecule has 1 fully saturated rings. The molecule has 1 aromatic carbocycles. The number of likely N-dealkylation sites (tertiary alicyclic amines) is 1. The van der Waals surface area contributed by atoms with Gasteiger partial charge in [-0.15, -0.1) is 0 Å². The maximum absolute atomic E-state index is 11.9. The second kappa shape index (κ2) is 8.99. The molecule has 0 radical (unpaired) electrons. The number of piperidine rings is 1. The summed E-state index contributed by atoms with van der Waals surface area (Å²) in [7, 11) is 1.37. The van der Waals surface area contributed by atoms with Crippen molar-refractivity contribution in [3.05, 3.63) is 33.8 Å². The number of hydrogen-bond donors (Lipinski definition) is 2. The van der Waals surface area contributed by atoms with E-state index in [1.54, 1.807) is 23.1 Å². The van der Waals surface area contributed by atoms with Gasteiger partial charge in [0.1, 0.15) is 0 Å². The fourth-order valence-corrected chi connectivity index (χ4v) is 3.23. The molecule has 3 amide bonds. The molecule has 2 rings (SSSR count). The monoisotopic (exact) mass is 373 g/mol. The molecule has 0 saturated carbocycles. The van der Waals surface area contributed by atoms with Gasteiger partial charge in [-0.2, -0.15) is 0 Å². The highest BCUT2D eigenvalue weighted by Gasteiger charge is 2.24. The zero-order chi connectivity index (χ0) is 17.5. The van der Waals surface area contributed by atoms with Crippen LogP contribution >= 0.6 is 23.2 Å². The van der Waals surface area contributed by atoms with Crippen molar-refractivity contribution in [2.75, 3.05) is 26.7 Å². The molecule has 0 aliphatic carbocycles. The van der Waals surface area contributed by atoms with Crippen molar-refractivity contribution in [2.45, 2.75) is 25.3 Å². The van der Waals surface area contributed by atoms with Gasteiger partial charge in [0.05, 0.1) is 7.11 Å². The smallest absolute Gasteiger partial charge is 0.409 e. The van der Waals surface area contributed by atoms with Crippen LogP contribution in [0, 0.1) is 0 Å². The average molecular weight is 374 g/mol. The fourth-order valence-electron chi connectivity index (χ4n) is 2.64. The first-order valence-electron chi connectivity index (χ1n) is 7.81. The Morgan fingerprint density at radius 3 is 2.46 bits per heavy atom. The number of amides is 3. The van der Waals surface area contributed by atoms with Crippen LogP contribution in [0.3, 0.4) is 0 Å². The third-order valence-electron chi connectivity index (χ3n) is 3.99. The van der Waals surface area contributed by atoms with Crippen LogP contribution in [0.1, 0.15) is 18.4 Å². The number of ether oxygens (including phenoxy) is 1. The Morgan fingerprint density at radius 2 is 1.88 bits per heavy atom. The summed E-state index contributed by atoms with van der Waals surface area (Å²) in [5, 5.41) is 6.92. The van der Waals surface area contributed by atoms with Crippen LogP contribution in [0.15, 0.2) is 18.2 Å². The summed E-state index contributed by atoms with van der Waals surface area (Å²) < 4.78 is 4.69. The summed E-state index contributed by atoms with van der Waals surface area (Å²) in [4.78, 5) is 25.0. The Bertz CT molecular complexity index is 570. The molecule has 0 spiro atoms. The summed E-state index contributed by atoms with van der Waals surface area (Å²) in [6.45, 7) is 1.59. The van der Waals surface area contributed by atoms with Crippen molar-refractivity contribution >= 4 is 35.3 Å². The molecular weight excluding hydrogens is 353 g/mol. The third-order valence-corrected chi connectivity index (χ3v) is 4.69. The number of methoxy groups -OCH3 is 1. The van der Waals surface area contributed by atoms with Gasteiger partial charge in [0.25, 0.3) is 0 Å². The van der Waals surface area contributed by atoms with Gasteiger partial charge in [-0.1, -0.05) is 29.3 Å². The molecule has 0 atom stereocenters. The SMILES string of the molecule is COC(=O)N1CCC(NC(=O)NCCc2c(Cl)cccc2Cl)CC1. The number of carbonyl (C=O) groups excluding carboxylic acids is 2. The van der Waals surface area contributed by atoms with E-state index in [9.17, 15) is 9.59 Å². The van der Waals surface area contributed by atoms with E-state index in [1.165, 1.54) is 7.11 Å². The van der Waals surface area contributed by atoms with Crippen LogP contribution in [0.5, 0.6) is 0 Å². The lowest BCUT2D eigenvalue weighted by molar-refractivity contribution is 0.110. The van der Waals surface area contributed by atoms with Crippen LogP contribution in [-0.2, 0) is 11.2 Å². The quantitative estimate of drug-likeness (QED) is 0.851. The van der Waals surface area contributed by atoms with Crippen LogP contribution in [-0.4, -0.2) is 49.8 Å². The number of halogens is 2. The van der Waals surface area contributed by atoms with Gasteiger partial charge in [-0.3, -0.25) is 0 Å². The minimum absolute atomic E-state index is 0.0507. The Hall–Kier alpha value is -1.66. The zero-order valence-electron chi connectivity index (χ0n) is 13.5. The summed E-state index contributed by atoms with van der Waals surface area (Å²) in [6.07, 6.45) is 1.65. The highest BCUT2D eigenvalue weighted by Crippen LogP contribution is 2.24. The zero-order valence-corrected chi connectivity index (χ0v) is 15.0. The molecule has 0 unspecified atom stereocenters. The van der Waals surface area contributed by atoms with Crippen molar-refractivity contribution < 1.29 is 14.3 Å². The van der Waals surface area contributed by atoms with Crippen molar-refractivity contribution in [3.8, 4) is 0 Å². The van der Waals surface area contributed by atoms with E-state index >= 15 is 0 Å². The van der Waals surface area contributed by atoms with E-state index in [-0.39, 0.29) is 18.2 Å². The van der Waals surface area contributed by atoms with Crippen LogP contribution in [0.2, 0.25) is 10.0 Å². The predicted octanol–water partition coefficient (Wildman–Crippen LogP) is 3.07. The largest absolute Gasteiger partial charge is 0.453 e. The van der Waals surface area contributed by atoms with E-state index in [1.807, 2.05) is 0 Å². The molecule has 0 bridgehead atoms. The lowest BCUT2D eigenvalue weighted by Crippen LogP contribution is -2.49. The van der Waals surface area contributed by atoms with Crippen molar-refractivity contribution in [2.24, 2.45) is 0 Å². The van der Waals surface area contributed by atoms with Gasteiger partial charge >= 0.3 is 12.1 Å². The van der Waals surface area contributed by atoms with Gasteiger partial charge < -0.3 is 20.3 Å². The van der Waals surface area contributed by atoms with Gasteiger partial charge in [0, 0.05) is 35.7 Å². The lowest BCUT2D eigenvalue weighted by atomic mass is 10.1. The maximum Gasteiger partial charge on any atom is 0.409 e. The first-order valence-corrected chi connectivity index (χ1v) is 8.57. The highest BCUT2D eigenvalue weighted by molar-refractivity contribution is 6.35. The summed E-state index contributed by atoms with van der Waals surface area (Å²) in [5.74, 6) is 0. The second-order valence-corrected chi connectivity index (χ2v) is 6.40. The molecule has 6 nitrogen and oxygen atoms in total. The molecule has 1 saturated heterocycles. The van der Waals surface area contributed by atoms with E-state index in [0.717, 1.165) is 5.56 Å². The van der Waals surface area contributed by atoms with E-state index in [4.69, 9.17) is 23.2 Å². The Labute approximate surface area is 151 Å². The number of urea groups is 1. The van der Waals surface area contributed by atoms with Gasteiger partial charge in [-0.25, -0.2) is 9.59 Å². The molecule has 24 heavy (non-hydrogen) atoms. The van der Waals surface area contributed by atoms with E-state index < -0.39 is 0 Å². The molecule has 1 aliphatic heterocycles. The molecule has 1 heterocycles. The minimum atomic E-state index is -0.325. The highest BCUT2D eigenvalue weighted by atomic mass is 35.5. The molecule has 0 aromatic heterocycles. The normalized spacial score (nSPS) is 15.0. The molecule has 1 aromatic rings. The van der Waals surface area contributed by atoms with E-state index in [0.29, 0.717) is 48.9 Å². The predicted molar refractivity (Wildman–Crippen MR) is 93.7 cm³/mol. The number of nitrogens with zero attached hydrogens (tertiary/aromatic N) is 1. The molecular formula is C16H21Cl2N3O3. The van der Waals surface area contributed by atoms with Crippen molar-refractivity contribution in [3.63, 3.8) is 0 Å². The standard InChI is InChI=1S/C16H21Cl2N3O3/c1-24-16(23)21-9-6-11(7-10-21)20-15(22)19-8-5-12-13(17)3-2-4-14(12)18/h2-4,11H,5-10H2,1H3,(H2,19,20,22). The number of nitrogens with one attached hydrogen (secondary N) is 2. The average Bonchev–Trinajstić information content (AvgIpc) is 2.57. The number of rotatable bonds is 4. The van der Waals surface area contributed by atoms with Gasteiger partial charge in [-0.05, 0) is 37.0 Å². The fraction of sp³-hybridized carbons (Fsp3) is 0.500. The molecule has 1 aliphatic rings. The van der Waals surface area contributed by atoms with Gasteiger partial charge in [0.15, 0.2) is 0 Å². The topological polar surface area (TPSA) is 70.7 Å². The van der Waals surface area contributed by atoms with Crippen LogP contribution in [0.25, 0.3) is 0 Å². The van der Waals surface area contributed by atoms with Crippen LogP contribution in [0.4, 0.5) is 9.59 Å². The molecule has 8 heteroatoms. The minimum Gasteiger partial charge on any atom is -0.453 e. The van der Waals surface area contributed by atoms with E-state index in [2.05, 4.69) is 15.4 Å². The number of hydrogen-bond acceptors (Lipinski definition) is 3. The summed E-state index contributed by atoms with van der Waals surface area (Å²) in [6, 6.07) is 5.16. The molecule has 132 valence electrons. The van der Waals surface area contributed by atoms with Gasteiger partial charge in [0.2, 0.25) is 0 Å². The second-order valence-electron chi connectivity index (χ2n) is 5.58. The van der Waals surface area contributed by atoms with Crippen molar-refractivity contribution in [1.29, 1.82) is 0 Å². The van der Waals surface area contributed by atoms with Crippen LogP contribution < -0.4 is 10.6 Å².